The van der Waals surface area contributed by atoms with Gasteiger partial charge in [-0.15, -0.1) is 0 Å². The lowest BCUT2D eigenvalue weighted by Crippen LogP contribution is -2.43. The highest BCUT2D eigenvalue weighted by Crippen LogP contribution is 2.52. The van der Waals surface area contributed by atoms with E-state index < -0.39 is 29.5 Å². The summed E-state index contributed by atoms with van der Waals surface area (Å²) in [5, 5.41) is 9.69. The summed E-state index contributed by atoms with van der Waals surface area (Å²) in [6.07, 6.45) is 2.92. The topological polar surface area (TPSA) is 93.1 Å². The van der Waals surface area contributed by atoms with Gasteiger partial charge in [0.2, 0.25) is 11.8 Å². The molecule has 2 saturated heterocycles. The zero-order valence-corrected chi connectivity index (χ0v) is 13.5. The molecule has 3 aliphatic rings. The maximum atomic E-state index is 12.9. The summed E-state index contributed by atoms with van der Waals surface area (Å²) in [4.78, 5) is 38.5. The van der Waals surface area contributed by atoms with E-state index in [1.54, 1.807) is 31.2 Å². The normalized spacial score (nSPS) is 32.4. The predicted octanol–water partition coefficient (Wildman–Crippen LogP) is 0.669. The lowest BCUT2D eigenvalue weighted by atomic mass is 9.77. The van der Waals surface area contributed by atoms with Crippen LogP contribution in [0.25, 0.3) is 0 Å². The summed E-state index contributed by atoms with van der Waals surface area (Å²) < 4.78 is 10.6. The Morgan fingerprint density at radius 1 is 1.28 bits per heavy atom. The molecule has 1 N–H and O–H groups in total. The zero-order chi connectivity index (χ0) is 17.8. The van der Waals surface area contributed by atoms with Crippen molar-refractivity contribution in [3.8, 4) is 0 Å². The van der Waals surface area contributed by atoms with Crippen molar-refractivity contribution in [1.82, 2.24) is 0 Å². The van der Waals surface area contributed by atoms with Crippen molar-refractivity contribution in [2.45, 2.75) is 18.6 Å². The third-order valence-corrected chi connectivity index (χ3v) is 5.04. The second kappa shape index (κ2) is 5.50. The van der Waals surface area contributed by atoms with Gasteiger partial charge >= 0.3 is 5.97 Å². The van der Waals surface area contributed by atoms with Crippen molar-refractivity contribution in [1.29, 1.82) is 0 Å². The Morgan fingerprint density at radius 3 is 2.64 bits per heavy atom. The molecule has 4 atom stereocenters. The lowest BCUT2D eigenvalue weighted by Gasteiger charge is -2.26. The van der Waals surface area contributed by atoms with Gasteiger partial charge in [-0.25, -0.2) is 9.69 Å². The molecule has 0 saturated carbocycles. The number of hydrogen-bond acceptors (Lipinski definition) is 6. The van der Waals surface area contributed by atoms with E-state index in [0.717, 1.165) is 4.90 Å². The molecule has 0 aromatic heterocycles. The minimum Gasteiger partial charge on any atom is -0.462 e. The van der Waals surface area contributed by atoms with Gasteiger partial charge in [-0.2, -0.15) is 0 Å². The van der Waals surface area contributed by atoms with E-state index in [2.05, 4.69) is 0 Å². The van der Waals surface area contributed by atoms with Crippen LogP contribution in [0.1, 0.15) is 17.3 Å². The average Bonchev–Trinajstić information content (AvgIpc) is 3.26. The molecule has 25 heavy (non-hydrogen) atoms. The zero-order valence-electron chi connectivity index (χ0n) is 13.5. The number of carbonyl (C=O) groups is 3. The summed E-state index contributed by atoms with van der Waals surface area (Å²) in [5.74, 6) is -2.53. The van der Waals surface area contributed by atoms with Crippen LogP contribution in [0.5, 0.6) is 0 Å². The van der Waals surface area contributed by atoms with E-state index in [1.807, 2.05) is 0 Å². The summed E-state index contributed by atoms with van der Waals surface area (Å²) in [5.41, 5.74) is -0.367. The first kappa shape index (κ1) is 16.0. The number of aliphatic hydroxyl groups is 1. The van der Waals surface area contributed by atoms with Crippen molar-refractivity contribution >= 4 is 23.5 Å². The molecule has 0 aliphatic carbocycles. The summed E-state index contributed by atoms with van der Waals surface area (Å²) in [6.45, 7) is 1.63. The van der Waals surface area contributed by atoms with Gasteiger partial charge in [-0.1, -0.05) is 12.2 Å². The summed E-state index contributed by atoms with van der Waals surface area (Å²) >= 11 is 0. The fourth-order valence-corrected chi connectivity index (χ4v) is 3.90. The largest absolute Gasteiger partial charge is 0.462 e. The van der Waals surface area contributed by atoms with E-state index in [-0.39, 0.29) is 25.0 Å². The summed E-state index contributed by atoms with van der Waals surface area (Å²) in [6, 6.07) is 6.14. The lowest BCUT2D eigenvalue weighted by molar-refractivity contribution is -0.128. The first-order valence-corrected chi connectivity index (χ1v) is 8.15. The second-order valence-electron chi connectivity index (χ2n) is 6.34. The standard InChI is InChI=1S/C18H17NO6/c1-2-24-17(23)10-3-5-11(6-4-10)19-15(21)13-12-7-8-18(9-20,25-12)14(13)16(19)22/h3-8,12-14,20H,2,9H2,1H3/t12-,13+,14+,18+/m1/s1. The van der Waals surface area contributed by atoms with Crippen molar-refractivity contribution < 1.29 is 29.0 Å². The molecule has 2 bridgehead atoms. The number of esters is 1. The van der Waals surface area contributed by atoms with Crippen molar-refractivity contribution in [3.05, 3.63) is 42.0 Å². The number of amides is 2. The Balaban J connectivity index is 1.64. The van der Waals surface area contributed by atoms with Gasteiger partial charge in [-0.05, 0) is 31.2 Å². The molecule has 130 valence electrons. The predicted molar refractivity (Wildman–Crippen MR) is 85.7 cm³/mol. The molecule has 3 heterocycles. The smallest absolute Gasteiger partial charge is 0.338 e. The number of ether oxygens (including phenoxy) is 2. The van der Waals surface area contributed by atoms with E-state index in [4.69, 9.17) is 9.47 Å². The monoisotopic (exact) mass is 343 g/mol. The Labute approximate surface area is 143 Å². The quantitative estimate of drug-likeness (QED) is 0.491. The number of anilines is 1. The number of nitrogens with zero attached hydrogens (tertiary/aromatic N) is 1. The van der Waals surface area contributed by atoms with E-state index in [1.165, 1.54) is 12.1 Å². The van der Waals surface area contributed by atoms with Gasteiger partial charge in [0.1, 0.15) is 5.60 Å². The van der Waals surface area contributed by atoms with Crippen LogP contribution < -0.4 is 4.90 Å². The van der Waals surface area contributed by atoms with Gasteiger partial charge in [0, 0.05) is 0 Å². The van der Waals surface area contributed by atoms with Crippen LogP contribution in [-0.4, -0.2) is 47.8 Å². The van der Waals surface area contributed by atoms with Crippen LogP contribution in [-0.2, 0) is 19.1 Å². The van der Waals surface area contributed by atoms with Gasteiger partial charge in [0.15, 0.2) is 0 Å². The van der Waals surface area contributed by atoms with Gasteiger partial charge < -0.3 is 14.6 Å². The van der Waals surface area contributed by atoms with E-state index in [9.17, 15) is 19.5 Å². The number of fused-ring (bicyclic) bond motifs is 5. The van der Waals surface area contributed by atoms with Crippen molar-refractivity contribution in [2.24, 2.45) is 11.8 Å². The Morgan fingerprint density at radius 2 is 2.00 bits per heavy atom. The highest BCUT2D eigenvalue weighted by atomic mass is 16.5. The van der Waals surface area contributed by atoms with E-state index in [0.29, 0.717) is 11.3 Å². The molecule has 1 aromatic rings. The van der Waals surface area contributed by atoms with Crippen LogP contribution in [0, 0.1) is 11.8 Å². The molecule has 7 nitrogen and oxygen atoms in total. The van der Waals surface area contributed by atoms with Gasteiger partial charge in [0.25, 0.3) is 0 Å². The third-order valence-electron chi connectivity index (χ3n) is 5.04. The molecular weight excluding hydrogens is 326 g/mol. The minimum atomic E-state index is -1.11. The van der Waals surface area contributed by atoms with Crippen molar-refractivity contribution in [2.75, 3.05) is 18.1 Å². The Hall–Kier alpha value is -2.51. The highest BCUT2D eigenvalue weighted by molar-refractivity contribution is 6.23. The Kier molecular flexibility index (Phi) is 3.52. The highest BCUT2D eigenvalue weighted by Gasteiger charge is 2.67. The molecule has 3 aliphatic heterocycles. The molecule has 0 unspecified atom stereocenters. The van der Waals surface area contributed by atoms with Crippen LogP contribution in [0.2, 0.25) is 0 Å². The van der Waals surface area contributed by atoms with Crippen molar-refractivity contribution in [3.63, 3.8) is 0 Å². The van der Waals surface area contributed by atoms with Crippen LogP contribution in [0.3, 0.4) is 0 Å². The third kappa shape index (κ3) is 2.09. The number of hydrogen-bond donors (Lipinski definition) is 1. The molecule has 4 rings (SSSR count). The molecule has 0 radical (unpaired) electrons. The number of benzene rings is 1. The molecule has 7 heteroatoms. The molecule has 2 amide bonds. The van der Waals surface area contributed by atoms with Crippen LogP contribution in [0.15, 0.2) is 36.4 Å². The molecule has 2 fully saturated rings. The molecule has 1 aromatic carbocycles. The molecule has 0 spiro atoms. The fraction of sp³-hybridized carbons (Fsp3) is 0.389. The first-order chi connectivity index (χ1) is 12.0. The van der Waals surface area contributed by atoms with E-state index >= 15 is 0 Å². The number of aliphatic hydroxyl groups excluding tert-OH is 1. The maximum Gasteiger partial charge on any atom is 0.338 e. The van der Waals surface area contributed by atoms with Crippen LogP contribution in [0.4, 0.5) is 5.69 Å². The number of imide groups is 1. The summed E-state index contributed by atoms with van der Waals surface area (Å²) in [7, 11) is 0. The molecular formula is C18H17NO6. The van der Waals surface area contributed by atoms with Crippen LogP contribution >= 0.6 is 0 Å². The average molecular weight is 343 g/mol. The number of carbonyl (C=O) groups excluding carboxylic acids is 3. The van der Waals surface area contributed by atoms with Gasteiger partial charge in [-0.3, -0.25) is 9.59 Å². The number of rotatable bonds is 4. The first-order valence-electron chi connectivity index (χ1n) is 8.15. The second-order valence-corrected chi connectivity index (χ2v) is 6.34. The fourth-order valence-electron chi connectivity index (χ4n) is 3.90. The maximum absolute atomic E-state index is 12.9. The SMILES string of the molecule is CCOC(=O)c1ccc(N2C(=O)[C@@H]3[C@@H](C2=O)[C@@]2(CO)C=C[C@H]3O2)cc1. The van der Waals surface area contributed by atoms with Gasteiger partial charge in [0.05, 0.1) is 42.4 Å². The Bertz CT molecular complexity index is 785. The minimum absolute atomic E-state index is 0.269.